The van der Waals surface area contributed by atoms with Crippen LogP contribution in [0.4, 0.5) is 0 Å². The average molecular weight is 324 g/mol. The monoisotopic (exact) mass is 322 g/mol. The summed E-state index contributed by atoms with van der Waals surface area (Å²) in [4.78, 5) is 0. The van der Waals surface area contributed by atoms with Crippen molar-refractivity contribution in [3.05, 3.63) is 33.8 Å². The van der Waals surface area contributed by atoms with Crippen LogP contribution in [-0.2, 0) is 6.42 Å². The second-order valence-electron chi connectivity index (χ2n) is 4.59. The zero-order valence-electron chi connectivity index (χ0n) is 9.64. The van der Waals surface area contributed by atoms with Crippen molar-refractivity contribution in [2.24, 2.45) is 11.8 Å². The predicted molar refractivity (Wildman–Crippen MR) is 76.9 cm³/mol. The van der Waals surface area contributed by atoms with Gasteiger partial charge in [-0.05, 0) is 48.4 Å². The van der Waals surface area contributed by atoms with Crippen LogP contribution >= 0.6 is 39.1 Å². The summed E-state index contributed by atoms with van der Waals surface area (Å²) in [5, 5.41) is 2.59. The van der Waals surface area contributed by atoms with Gasteiger partial charge in [-0.25, -0.2) is 0 Å². The van der Waals surface area contributed by atoms with Gasteiger partial charge in [0.1, 0.15) is 0 Å². The fourth-order valence-electron chi connectivity index (χ4n) is 1.88. The molecule has 0 nitrogen and oxygen atoms in total. The van der Waals surface area contributed by atoms with E-state index in [4.69, 9.17) is 23.2 Å². The van der Waals surface area contributed by atoms with Gasteiger partial charge in [-0.2, -0.15) is 0 Å². The van der Waals surface area contributed by atoms with E-state index in [1.165, 1.54) is 6.42 Å². The number of benzene rings is 1. The molecule has 0 aliphatic carbocycles. The van der Waals surface area contributed by atoms with E-state index in [0.29, 0.717) is 11.8 Å². The zero-order chi connectivity index (χ0) is 12.1. The Bertz CT molecular complexity index is 337. The molecule has 0 aliphatic heterocycles. The van der Waals surface area contributed by atoms with E-state index >= 15 is 0 Å². The number of hydrogen-bond donors (Lipinski definition) is 0. The molecule has 0 spiro atoms. The highest BCUT2D eigenvalue weighted by Crippen LogP contribution is 2.26. The SMILES string of the molecule is CC(C)CC(CBr)Cc1cc(Cl)ccc1Cl. The van der Waals surface area contributed by atoms with E-state index in [2.05, 4.69) is 29.8 Å². The summed E-state index contributed by atoms with van der Waals surface area (Å²) in [6.07, 6.45) is 2.19. The third-order valence-corrected chi connectivity index (χ3v) is 4.06. The van der Waals surface area contributed by atoms with E-state index in [9.17, 15) is 0 Å². The van der Waals surface area contributed by atoms with Gasteiger partial charge in [-0.15, -0.1) is 0 Å². The van der Waals surface area contributed by atoms with E-state index in [1.807, 2.05) is 18.2 Å². The van der Waals surface area contributed by atoms with Gasteiger partial charge in [-0.3, -0.25) is 0 Å². The summed E-state index contributed by atoms with van der Waals surface area (Å²) in [7, 11) is 0. The summed E-state index contributed by atoms with van der Waals surface area (Å²) in [5.74, 6) is 1.33. The molecule has 1 aromatic rings. The molecule has 0 saturated carbocycles. The van der Waals surface area contributed by atoms with Crippen molar-refractivity contribution >= 4 is 39.1 Å². The second kappa shape index (κ2) is 6.88. The van der Waals surface area contributed by atoms with Gasteiger partial charge >= 0.3 is 0 Å². The minimum atomic E-state index is 0.621. The van der Waals surface area contributed by atoms with Crippen LogP contribution in [0.15, 0.2) is 18.2 Å². The van der Waals surface area contributed by atoms with E-state index in [0.717, 1.165) is 27.4 Å². The fraction of sp³-hybridized carbons (Fsp3) is 0.538. The lowest BCUT2D eigenvalue weighted by molar-refractivity contribution is 0.445. The van der Waals surface area contributed by atoms with Gasteiger partial charge in [0.15, 0.2) is 0 Å². The molecular weight excluding hydrogens is 307 g/mol. The molecule has 1 unspecified atom stereocenters. The minimum absolute atomic E-state index is 0.621. The average Bonchev–Trinajstić information content (AvgIpc) is 2.21. The quantitative estimate of drug-likeness (QED) is 0.619. The van der Waals surface area contributed by atoms with Crippen LogP contribution in [0.2, 0.25) is 10.0 Å². The molecule has 1 rings (SSSR count). The minimum Gasteiger partial charge on any atom is -0.0925 e. The number of hydrogen-bond acceptors (Lipinski definition) is 0. The molecule has 0 aromatic heterocycles. The number of rotatable bonds is 5. The van der Waals surface area contributed by atoms with E-state index < -0.39 is 0 Å². The molecule has 0 fully saturated rings. The van der Waals surface area contributed by atoms with Gasteiger partial charge in [-0.1, -0.05) is 53.0 Å². The van der Waals surface area contributed by atoms with Gasteiger partial charge in [0.2, 0.25) is 0 Å². The number of halogens is 3. The lowest BCUT2D eigenvalue weighted by Crippen LogP contribution is -2.09. The molecule has 0 bridgehead atoms. The molecule has 16 heavy (non-hydrogen) atoms. The van der Waals surface area contributed by atoms with E-state index in [-0.39, 0.29) is 0 Å². The third kappa shape index (κ3) is 4.65. The Labute approximate surface area is 116 Å². The third-order valence-electron chi connectivity index (χ3n) is 2.54. The maximum absolute atomic E-state index is 6.16. The summed E-state index contributed by atoms with van der Waals surface area (Å²) < 4.78 is 0. The van der Waals surface area contributed by atoms with Crippen molar-refractivity contribution < 1.29 is 0 Å². The van der Waals surface area contributed by atoms with Gasteiger partial charge in [0, 0.05) is 15.4 Å². The van der Waals surface area contributed by atoms with Crippen LogP contribution in [-0.4, -0.2) is 5.33 Å². The van der Waals surface area contributed by atoms with Crippen molar-refractivity contribution in [2.75, 3.05) is 5.33 Å². The zero-order valence-corrected chi connectivity index (χ0v) is 12.7. The van der Waals surface area contributed by atoms with Crippen LogP contribution in [0.5, 0.6) is 0 Å². The highest BCUT2D eigenvalue weighted by atomic mass is 79.9. The molecule has 0 N–H and O–H groups in total. The van der Waals surface area contributed by atoms with Crippen LogP contribution in [0, 0.1) is 11.8 Å². The largest absolute Gasteiger partial charge is 0.0925 e. The Morgan fingerprint density at radius 2 is 1.94 bits per heavy atom. The lowest BCUT2D eigenvalue weighted by Gasteiger charge is -2.17. The van der Waals surface area contributed by atoms with Crippen LogP contribution in [0.25, 0.3) is 0 Å². The molecule has 90 valence electrons. The Kier molecular flexibility index (Phi) is 6.17. The van der Waals surface area contributed by atoms with Gasteiger partial charge in [0.05, 0.1) is 0 Å². The summed E-state index contributed by atoms with van der Waals surface area (Å²) in [6.45, 7) is 4.49. The van der Waals surface area contributed by atoms with Gasteiger partial charge < -0.3 is 0 Å². The van der Waals surface area contributed by atoms with Gasteiger partial charge in [0.25, 0.3) is 0 Å². The maximum Gasteiger partial charge on any atom is 0.0439 e. The Morgan fingerprint density at radius 1 is 1.25 bits per heavy atom. The molecule has 0 aliphatic rings. The first kappa shape index (κ1) is 14.3. The van der Waals surface area contributed by atoms with E-state index in [1.54, 1.807) is 0 Å². The molecule has 0 radical (unpaired) electrons. The normalized spacial score (nSPS) is 13.1. The highest BCUT2D eigenvalue weighted by Gasteiger charge is 2.12. The fourth-order valence-corrected chi connectivity index (χ4v) is 2.76. The molecule has 1 aromatic carbocycles. The molecule has 0 amide bonds. The molecule has 3 heteroatoms. The highest BCUT2D eigenvalue weighted by molar-refractivity contribution is 9.09. The molecule has 1 atom stereocenters. The predicted octanol–water partition coefficient (Wildman–Crippen LogP) is 5.59. The van der Waals surface area contributed by atoms with Crippen LogP contribution in [0.3, 0.4) is 0 Å². The maximum atomic E-state index is 6.16. The van der Waals surface area contributed by atoms with Crippen molar-refractivity contribution in [1.29, 1.82) is 0 Å². The summed E-state index contributed by atoms with van der Waals surface area (Å²) >= 11 is 15.7. The van der Waals surface area contributed by atoms with Crippen molar-refractivity contribution in [3.8, 4) is 0 Å². The first-order chi connectivity index (χ1) is 7.52. The summed E-state index contributed by atoms with van der Waals surface area (Å²) in [5.41, 5.74) is 1.15. The smallest absolute Gasteiger partial charge is 0.0439 e. The Balaban J connectivity index is 2.73. The first-order valence-corrected chi connectivity index (χ1v) is 7.40. The molecule has 0 heterocycles. The number of alkyl halides is 1. The lowest BCUT2D eigenvalue weighted by atomic mass is 9.92. The molecule has 0 saturated heterocycles. The topological polar surface area (TPSA) is 0 Å². The Hall–Kier alpha value is 0.280. The second-order valence-corrected chi connectivity index (χ2v) is 6.08. The first-order valence-electron chi connectivity index (χ1n) is 5.52. The van der Waals surface area contributed by atoms with Crippen LogP contribution in [0.1, 0.15) is 25.8 Å². The molecular formula is C13H17BrCl2. The Morgan fingerprint density at radius 3 is 2.50 bits per heavy atom. The van der Waals surface area contributed by atoms with Crippen molar-refractivity contribution in [2.45, 2.75) is 26.7 Å². The summed E-state index contributed by atoms with van der Waals surface area (Å²) in [6, 6.07) is 5.68. The van der Waals surface area contributed by atoms with Crippen molar-refractivity contribution in [1.82, 2.24) is 0 Å². The standard InChI is InChI=1S/C13H17BrCl2/c1-9(2)5-10(8-14)6-11-7-12(15)3-4-13(11)16/h3-4,7,9-10H,5-6,8H2,1-2H3. The van der Waals surface area contributed by atoms with Crippen molar-refractivity contribution in [3.63, 3.8) is 0 Å². The van der Waals surface area contributed by atoms with Crippen LogP contribution < -0.4 is 0 Å².